The Morgan fingerprint density at radius 2 is 2.03 bits per heavy atom. The maximum Gasteiger partial charge on any atom is 0.254 e. The second-order valence-corrected chi connectivity index (χ2v) is 8.99. The van der Waals surface area contributed by atoms with E-state index >= 15 is 0 Å². The molecule has 34 heavy (non-hydrogen) atoms. The van der Waals surface area contributed by atoms with Crippen molar-refractivity contribution >= 4 is 34.1 Å². The number of aliphatic hydroxyl groups is 1. The largest absolute Gasteiger partial charge is 0.391 e. The Hall–Kier alpha value is -3.91. The summed E-state index contributed by atoms with van der Waals surface area (Å²) in [4.78, 5) is 24.0. The van der Waals surface area contributed by atoms with E-state index < -0.39 is 0 Å². The molecule has 1 amide bonds. The molecule has 1 atom stereocenters. The number of β-amino-alcohol motifs (C(OH)–C–C–N with tert-alkyl or cyclic N) is 1. The van der Waals surface area contributed by atoms with Gasteiger partial charge in [-0.05, 0) is 59.9 Å². The van der Waals surface area contributed by atoms with Crippen molar-refractivity contribution in [1.82, 2.24) is 19.9 Å². The third-order valence-corrected chi connectivity index (χ3v) is 6.80. The molecule has 1 fully saturated rings. The number of nitrogens with zero attached hydrogens (tertiary/aromatic N) is 4. The lowest BCUT2D eigenvalue weighted by Crippen LogP contribution is -2.38. The zero-order chi connectivity index (χ0) is 23.2. The summed E-state index contributed by atoms with van der Waals surface area (Å²) in [6.07, 6.45) is 7.17. The molecule has 1 saturated heterocycles. The lowest BCUT2D eigenvalue weighted by Gasteiger charge is -2.31. The van der Waals surface area contributed by atoms with Crippen molar-refractivity contribution in [2.75, 3.05) is 23.3 Å². The van der Waals surface area contributed by atoms with E-state index in [1.807, 2.05) is 54.5 Å². The zero-order valence-corrected chi connectivity index (χ0v) is 19.0. The molecule has 0 radical (unpaired) electrons. The molecule has 2 aliphatic heterocycles. The molecule has 0 saturated carbocycles. The van der Waals surface area contributed by atoms with Gasteiger partial charge in [0.25, 0.3) is 5.91 Å². The van der Waals surface area contributed by atoms with Crippen LogP contribution in [0, 0.1) is 0 Å². The Morgan fingerprint density at radius 1 is 1.12 bits per heavy atom. The minimum atomic E-state index is -0.288. The number of rotatable bonds is 4. The van der Waals surface area contributed by atoms with Crippen molar-refractivity contribution in [3.63, 3.8) is 0 Å². The summed E-state index contributed by atoms with van der Waals surface area (Å²) < 4.78 is 2.00. The van der Waals surface area contributed by atoms with Crippen molar-refractivity contribution in [3.05, 3.63) is 66.1 Å². The fourth-order valence-corrected chi connectivity index (χ4v) is 5.08. The van der Waals surface area contributed by atoms with Crippen LogP contribution in [0.4, 0.5) is 17.2 Å². The molecule has 8 nitrogen and oxygen atoms in total. The quantitative estimate of drug-likeness (QED) is 0.436. The number of pyridine rings is 2. The molecule has 8 heteroatoms. The Morgan fingerprint density at radius 3 is 2.85 bits per heavy atom. The highest BCUT2D eigenvalue weighted by atomic mass is 16.3. The van der Waals surface area contributed by atoms with Crippen LogP contribution in [0.25, 0.3) is 22.2 Å². The number of carbonyl (C=O) groups is 1. The van der Waals surface area contributed by atoms with Gasteiger partial charge in [0, 0.05) is 44.5 Å². The number of benzene rings is 1. The maximum atomic E-state index is 12.8. The lowest BCUT2D eigenvalue weighted by molar-refractivity contribution is 0.0966. The minimum absolute atomic E-state index is 0.0864. The van der Waals surface area contributed by atoms with Gasteiger partial charge in [0.2, 0.25) is 0 Å². The van der Waals surface area contributed by atoms with Gasteiger partial charge in [0.15, 0.2) is 0 Å². The van der Waals surface area contributed by atoms with Gasteiger partial charge < -0.3 is 25.2 Å². The van der Waals surface area contributed by atoms with Gasteiger partial charge in [-0.25, -0.2) is 9.97 Å². The number of nitrogens with one attached hydrogen (secondary N) is 2. The third-order valence-electron chi connectivity index (χ3n) is 6.80. The Balaban J connectivity index is 1.33. The lowest BCUT2D eigenvalue weighted by atomic mass is 9.94. The standard InChI is InChI=1S/C26H26N6O2/c1-31-12-9-20-19(8-10-27-25(20)31)18-5-6-22(24-21(18)14-29-26(24)34)30-23-7-4-16(13-28-23)32-11-2-3-17(33)15-32/h4-10,12-13,17,33H,2-3,11,14-15H2,1H3,(H,28,30)(H,29,34)/t17-/m0/s1. The first-order valence-electron chi connectivity index (χ1n) is 11.6. The molecule has 5 heterocycles. The third kappa shape index (κ3) is 3.47. The Kier molecular flexibility index (Phi) is 4.95. The topological polar surface area (TPSA) is 95.3 Å². The average Bonchev–Trinajstić information content (AvgIpc) is 3.43. The summed E-state index contributed by atoms with van der Waals surface area (Å²) in [5, 5.41) is 17.3. The van der Waals surface area contributed by atoms with Crippen LogP contribution in [0.2, 0.25) is 0 Å². The van der Waals surface area contributed by atoms with Crippen LogP contribution in [-0.4, -0.2) is 44.7 Å². The van der Waals surface area contributed by atoms with Crippen molar-refractivity contribution in [1.29, 1.82) is 0 Å². The number of aliphatic hydroxyl groups excluding tert-OH is 1. The van der Waals surface area contributed by atoms with E-state index in [2.05, 4.69) is 37.6 Å². The molecule has 1 aromatic carbocycles. The smallest absolute Gasteiger partial charge is 0.254 e. The van der Waals surface area contributed by atoms with Gasteiger partial charge in [-0.1, -0.05) is 6.07 Å². The van der Waals surface area contributed by atoms with E-state index in [9.17, 15) is 9.90 Å². The van der Waals surface area contributed by atoms with E-state index in [4.69, 9.17) is 0 Å². The molecule has 6 rings (SSSR count). The van der Waals surface area contributed by atoms with Crippen LogP contribution >= 0.6 is 0 Å². The molecule has 3 N–H and O–H groups in total. The number of amides is 1. The van der Waals surface area contributed by atoms with Crippen molar-refractivity contribution < 1.29 is 9.90 Å². The van der Waals surface area contributed by atoms with Gasteiger partial charge in [-0.15, -0.1) is 0 Å². The number of fused-ring (bicyclic) bond motifs is 2. The molecule has 0 unspecified atom stereocenters. The van der Waals surface area contributed by atoms with Crippen LogP contribution in [0.5, 0.6) is 0 Å². The molecular weight excluding hydrogens is 428 g/mol. The number of anilines is 3. The van der Waals surface area contributed by atoms with E-state index in [1.165, 1.54) is 0 Å². The predicted octanol–water partition coefficient (Wildman–Crippen LogP) is 3.58. The number of aromatic nitrogens is 3. The minimum Gasteiger partial charge on any atom is -0.391 e. The molecular formula is C26H26N6O2. The van der Waals surface area contributed by atoms with Crippen LogP contribution in [0.15, 0.2) is 55.0 Å². The second kappa shape index (κ2) is 8.14. The number of carbonyl (C=O) groups excluding carboxylic acids is 1. The highest BCUT2D eigenvalue weighted by Crippen LogP contribution is 2.37. The number of hydrogen-bond acceptors (Lipinski definition) is 6. The Labute approximate surface area is 197 Å². The van der Waals surface area contributed by atoms with Crippen LogP contribution < -0.4 is 15.5 Å². The molecule has 172 valence electrons. The van der Waals surface area contributed by atoms with Gasteiger partial charge in [-0.3, -0.25) is 4.79 Å². The molecule has 2 aliphatic rings. The second-order valence-electron chi connectivity index (χ2n) is 8.99. The van der Waals surface area contributed by atoms with Crippen LogP contribution in [0.3, 0.4) is 0 Å². The van der Waals surface area contributed by atoms with Crippen molar-refractivity contribution in [2.24, 2.45) is 7.05 Å². The van der Waals surface area contributed by atoms with Crippen LogP contribution in [0.1, 0.15) is 28.8 Å². The average molecular weight is 455 g/mol. The zero-order valence-electron chi connectivity index (χ0n) is 19.0. The summed E-state index contributed by atoms with van der Waals surface area (Å²) in [7, 11) is 1.98. The first-order chi connectivity index (χ1) is 16.6. The number of piperidine rings is 1. The van der Waals surface area contributed by atoms with Crippen LogP contribution in [-0.2, 0) is 13.6 Å². The van der Waals surface area contributed by atoms with Gasteiger partial charge in [0.05, 0.1) is 29.2 Å². The number of aryl methyl sites for hydroxylation is 1. The molecule has 4 aromatic rings. The normalized spacial score (nSPS) is 17.6. The summed E-state index contributed by atoms with van der Waals surface area (Å²) >= 11 is 0. The summed E-state index contributed by atoms with van der Waals surface area (Å²) in [5.74, 6) is 0.585. The van der Waals surface area contributed by atoms with E-state index in [0.717, 1.165) is 58.5 Å². The summed E-state index contributed by atoms with van der Waals surface area (Å²) in [6.45, 7) is 2.04. The first-order valence-corrected chi connectivity index (χ1v) is 11.6. The van der Waals surface area contributed by atoms with E-state index in [0.29, 0.717) is 24.5 Å². The SMILES string of the molecule is Cn1ccc2c(-c3ccc(Nc4ccc(N5CCC[C@H](O)C5)cn4)c4c3CNC4=O)ccnc21. The molecule has 0 aliphatic carbocycles. The predicted molar refractivity (Wildman–Crippen MR) is 132 cm³/mol. The van der Waals surface area contributed by atoms with Gasteiger partial charge >= 0.3 is 0 Å². The number of hydrogen-bond donors (Lipinski definition) is 3. The summed E-state index contributed by atoms with van der Waals surface area (Å²) in [6, 6.07) is 12.0. The maximum absolute atomic E-state index is 12.8. The molecule has 3 aromatic heterocycles. The van der Waals surface area contributed by atoms with E-state index in [-0.39, 0.29) is 12.0 Å². The molecule has 0 bridgehead atoms. The monoisotopic (exact) mass is 454 g/mol. The first kappa shape index (κ1) is 20.7. The fraction of sp³-hybridized carbons (Fsp3) is 0.269. The Bertz CT molecular complexity index is 1390. The van der Waals surface area contributed by atoms with E-state index in [1.54, 1.807) is 0 Å². The fourth-order valence-electron chi connectivity index (χ4n) is 5.08. The van der Waals surface area contributed by atoms with Gasteiger partial charge in [-0.2, -0.15) is 0 Å². The highest BCUT2D eigenvalue weighted by Gasteiger charge is 2.27. The highest BCUT2D eigenvalue weighted by molar-refractivity contribution is 6.07. The van der Waals surface area contributed by atoms with Crippen molar-refractivity contribution in [2.45, 2.75) is 25.5 Å². The summed E-state index contributed by atoms with van der Waals surface area (Å²) in [5.41, 5.74) is 6.37. The van der Waals surface area contributed by atoms with Gasteiger partial charge in [0.1, 0.15) is 11.5 Å². The molecule has 0 spiro atoms. The van der Waals surface area contributed by atoms with Crippen molar-refractivity contribution in [3.8, 4) is 11.1 Å².